The highest BCUT2D eigenvalue weighted by Crippen LogP contribution is 2.28. The Morgan fingerprint density at radius 1 is 1.03 bits per heavy atom. The number of aliphatic hydroxyl groups excluding tert-OH is 1. The van der Waals surface area contributed by atoms with Crippen LogP contribution >= 0.6 is 0 Å². The largest absolute Gasteiger partial charge is 0.392 e. The summed E-state index contributed by atoms with van der Waals surface area (Å²) in [7, 11) is 1.78. The number of pyridine rings is 2. The van der Waals surface area contributed by atoms with Gasteiger partial charge in [-0.2, -0.15) is 4.98 Å². The molecular weight excluding hydrogens is 430 g/mol. The quantitative estimate of drug-likeness (QED) is 0.403. The molecule has 2 N–H and O–H groups in total. The number of hydrogen-bond acceptors (Lipinski definition) is 7. The molecule has 0 radical (unpaired) electrons. The number of nitrogens with zero attached hydrogens (tertiary/aromatic N) is 4. The highest BCUT2D eigenvalue weighted by Gasteiger charge is 2.14. The molecule has 0 atom stereocenters. The number of benzene rings is 2. The fourth-order valence-electron chi connectivity index (χ4n) is 3.92. The Morgan fingerprint density at radius 2 is 1.82 bits per heavy atom. The molecule has 0 spiro atoms. The Hall–Kier alpha value is -4.30. The van der Waals surface area contributed by atoms with Crippen molar-refractivity contribution < 1.29 is 9.63 Å². The first-order valence-electron chi connectivity index (χ1n) is 10.8. The maximum Gasteiger partial charge on any atom is 0.268 e. The standard InChI is InChI=1S/C26H23N5O3/c1-15-4-9-20(28-26-29-24(34-30-26)18-7-5-17(14-32)6-8-18)12-21(15)22-11-19-13-27-16(2)10-23(19)31(3)25(22)33/h4-13,32H,14H2,1-3H3,(H,28,30). The van der Waals surface area contributed by atoms with Crippen molar-refractivity contribution in [3.63, 3.8) is 0 Å². The van der Waals surface area contributed by atoms with Gasteiger partial charge in [0.15, 0.2) is 0 Å². The number of aryl methyl sites for hydroxylation is 3. The van der Waals surface area contributed by atoms with E-state index < -0.39 is 0 Å². The predicted octanol–water partition coefficient (Wildman–Crippen LogP) is 4.50. The summed E-state index contributed by atoms with van der Waals surface area (Å²) in [5, 5.41) is 17.3. The Bertz CT molecular complexity index is 1570. The number of hydrogen-bond donors (Lipinski definition) is 2. The summed E-state index contributed by atoms with van der Waals surface area (Å²) in [6, 6.07) is 16.8. The van der Waals surface area contributed by atoms with E-state index in [2.05, 4.69) is 20.4 Å². The summed E-state index contributed by atoms with van der Waals surface area (Å²) >= 11 is 0. The summed E-state index contributed by atoms with van der Waals surface area (Å²) in [6.45, 7) is 3.85. The van der Waals surface area contributed by atoms with E-state index in [0.717, 1.165) is 44.5 Å². The van der Waals surface area contributed by atoms with Gasteiger partial charge in [-0.25, -0.2) is 0 Å². The Kier molecular flexibility index (Phi) is 5.43. The van der Waals surface area contributed by atoms with E-state index in [9.17, 15) is 9.90 Å². The van der Waals surface area contributed by atoms with Gasteiger partial charge in [0.1, 0.15) is 0 Å². The Morgan fingerprint density at radius 3 is 2.59 bits per heavy atom. The molecule has 0 bridgehead atoms. The highest BCUT2D eigenvalue weighted by molar-refractivity contribution is 5.85. The molecule has 0 aliphatic carbocycles. The van der Waals surface area contributed by atoms with E-state index in [-0.39, 0.29) is 12.2 Å². The molecule has 0 unspecified atom stereocenters. The topological polar surface area (TPSA) is 106 Å². The van der Waals surface area contributed by atoms with Gasteiger partial charge in [0.25, 0.3) is 17.4 Å². The van der Waals surface area contributed by atoms with Gasteiger partial charge in [0.05, 0.1) is 12.1 Å². The van der Waals surface area contributed by atoms with Gasteiger partial charge in [-0.15, -0.1) is 0 Å². The normalized spacial score (nSPS) is 11.2. The van der Waals surface area contributed by atoms with Crippen LogP contribution < -0.4 is 10.9 Å². The number of aliphatic hydroxyl groups is 1. The SMILES string of the molecule is Cc1cc2c(cn1)cc(-c1cc(Nc3noc(-c4ccc(CO)cc4)n3)ccc1C)c(=O)n2C. The minimum absolute atomic E-state index is 0.0247. The third-order valence-electron chi connectivity index (χ3n) is 5.84. The van der Waals surface area contributed by atoms with Crippen LogP contribution in [0.25, 0.3) is 33.5 Å². The molecule has 0 aliphatic heterocycles. The number of fused-ring (bicyclic) bond motifs is 1. The number of rotatable bonds is 5. The number of anilines is 2. The van der Waals surface area contributed by atoms with Crippen molar-refractivity contribution in [3.05, 3.63) is 88.0 Å². The number of nitrogens with one attached hydrogen (secondary N) is 1. The Balaban J connectivity index is 1.48. The molecule has 0 saturated carbocycles. The lowest BCUT2D eigenvalue weighted by Gasteiger charge is -2.12. The number of aromatic nitrogens is 4. The van der Waals surface area contributed by atoms with Gasteiger partial charge in [-0.1, -0.05) is 18.2 Å². The zero-order chi connectivity index (χ0) is 23.8. The fraction of sp³-hybridized carbons (Fsp3) is 0.154. The fourth-order valence-corrected chi connectivity index (χ4v) is 3.92. The third kappa shape index (κ3) is 3.95. The lowest BCUT2D eigenvalue weighted by Crippen LogP contribution is -2.19. The molecule has 8 nitrogen and oxygen atoms in total. The minimum Gasteiger partial charge on any atom is -0.392 e. The van der Waals surface area contributed by atoms with E-state index in [0.29, 0.717) is 17.4 Å². The van der Waals surface area contributed by atoms with Crippen molar-refractivity contribution in [3.8, 4) is 22.6 Å². The Labute approximate surface area is 195 Å². The van der Waals surface area contributed by atoms with Crippen molar-refractivity contribution >= 4 is 22.5 Å². The summed E-state index contributed by atoms with van der Waals surface area (Å²) in [5.74, 6) is 0.674. The first-order valence-corrected chi connectivity index (χ1v) is 10.8. The third-order valence-corrected chi connectivity index (χ3v) is 5.84. The molecule has 3 aromatic heterocycles. The smallest absolute Gasteiger partial charge is 0.268 e. The minimum atomic E-state index is -0.0773. The molecule has 0 saturated heterocycles. The monoisotopic (exact) mass is 453 g/mol. The molecule has 8 heteroatoms. The van der Waals surface area contributed by atoms with Crippen LogP contribution in [-0.4, -0.2) is 24.8 Å². The summed E-state index contributed by atoms with van der Waals surface area (Å²) in [5.41, 5.74) is 6.31. The molecule has 5 aromatic rings. The van der Waals surface area contributed by atoms with E-state index in [1.54, 1.807) is 29.9 Å². The molecule has 0 amide bonds. The lowest BCUT2D eigenvalue weighted by atomic mass is 9.99. The zero-order valence-corrected chi connectivity index (χ0v) is 19.0. The highest BCUT2D eigenvalue weighted by atomic mass is 16.5. The molecular formula is C26H23N5O3. The molecule has 2 aromatic carbocycles. The lowest BCUT2D eigenvalue weighted by molar-refractivity contribution is 0.282. The van der Waals surface area contributed by atoms with E-state index in [1.165, 1.54) is 0 Å². The maximum atomic E-state index is 13.2. The molecule has 3 heterocycles. The van der Waals surface area contributed by atoms with Crippen LogP contribution in [-0.2, 0) is 13.7 Å². The first-order chi connectivity index (χ1) is 16.4. The zero-order valence-electron chi connectivity index (χ0n) is 19.0. The van der Waals surface area contributed by atoms with Crippen LogP contribution in [0.1, 0.15) is 16.8 Å². The van der Waals surface area contributed by atoms with E-state index in [4.69, 9.17) is 4.52 Å². The van der Waals surface area contributed by atoms with Crippen LogP contribution in [0, 0.1) is 13.8 Å². The van der Waals surface area contributed by atoms with Gasteiger partial charge in [-0.05, 0) is 72.1 Å². The molecule has 0 aliphatic rings. The summed E-state index contributed by atoms with van der Waals surface area (Å²) in [6.07, 6.45) is 1.79. The van der Waals surface area contributed by atoms with Crippen molar-refractivity contribution in [1.29, 1.82) is 0 Å². The molecule has 5 rings (SSSR count). The van der Waals surface area contributed by atoms with Crippen LogP contribution in [0.15, 0.2) is 70.1 Å². The molecule has 34 heavy (non-hydrogen) atoms. The first kappa shape index (κ1) is 21.5. The second-order valence-corrected chi connectivity index (χ2v) is 8.24. The average Bonchev–Trinajstić information content (AvgIpc) is 3.31. The van der Waals surface area contributed by atoms with Crippen molar-refractivity contribution in [2.45, 2.75) is 20.5 Å². The summed E-state index contributed by atoms with van der Waals surface area (Å²) < 4.78 is 7.04. The van der Waals surface area contributed by atoms with E-state index in [1.807, 2.05) is 56.3 Å². The van der Waals surface area contributed by atoms with Crippen molar-refractivity contribution in [1.82, 2.24) is 19.7 Å². The molecule has 170 valence electrons. The predicted molar refractivity (Wildman–Crippen MR) is 131 cm³/mol. The van der Waals surface area contributed by atoms with Crippen LogP contribution in [0.2, 0.25) is 0 Å². The van der Waals surface area contributed by atoms with E-state index >= 15 is 0 Å². The van der Waals surface area contributed by atoms with Crippen LogP contribution in [0.4, 0.5) is 11.6 Å². The van der Waals surface area contributed by atoms with Gasteiger partial charge in [0.2, 0.25) is 0 Å². The van der Waals surface area contributed by atoms with Crippen LogP contribution in [0.3, 0.4) is 0 Å². The molecule has 0 fully saturated rings. The maximum absolute atomic E-state index is 13.2. The van der Waals surface area contributed by atoms with Gasteiger partial charge < -0.3 is 19.5 Å². The van der Waals surface area contributed by atoms with Crippen LogP contribution in [0.5, 0.6) is 0 Å². The van der Waals surface area contributed by atoms with Crippen molar-refractivity contribution in [2.24, 2.45) is 7.05 Å². The average molecular weight is 454 g/mol. The van der Waals surface area contributed by atoms with Gasteiger partial charge in [-0.3, -0.25) is 9.78 Å². The second kappa shape index (κ2) is 8.57. The van der Waals surface area contributed by atoms with Gasteiger partial charge >= 0.3 is 0 Å². The van der Waals surface area contributed by atoms with Crippen molar-refractivity contribution in [2.75, 3.05) is 5.32 Å². The second-order valence-electron chi connectivity index (χ2n) is 8.24. The van der Waals surface area contributed by atoms with Gasteiger partial charge in [0, 0.05) is 41.1 Å². The summed E-state index contributed by atoms with van der Waals surface area (Å²) in [4.78, 5) is 22.0.